The Morgan fingerprint density at radius 3 is 3.16 bits per heavy atom. The van der Waals surface area contributed by atoms with Crippen LogP contribution in [0.4, 0.5) is 0 Å². The summed E-state index contributed by atoms with van der Waals surface area (Å²) in [5, 5.41) is 14.2. The van der Waals surface area contributed by atoms with Gasteiger partial charge in [0, 0.05) is 30.9 Å². The highest BCUT2D eigenvalue weighted by molar-refractivity contribution is 7.15. The molecule has 0 unspecified atom stereocenters. The van der Waals surface area contributed by atoms with Crippen molar-refractivity contribution in [2.75, 3.05) is 0 Å². The van der Waals surface area contributed by atoms with E-state index in [9.17, 15) is 0 Å². The molecule has 0 aliphatic rings. The molecule has 2 aromatic heterocycles. The molecule has 3 rings (SSSR count). The van der Waals surface area contributed by atoms with Crippen molar-refractivity contribution in [1.82, 2.24) is 14.7 Å². The number of nitrogens with one attached hydrogen (secondary N) is 1. The molecule has 0 spiro atoms. The standard InChI is InChI=1S/C14H12N4S/c15-7-11-2-1-3-12(6-11)8-16-9-13-10-18-4-5-19-14(18)17-13/h1-6,10,16H,8-9H2. The van der Waals surface area contributed by atoms with Crippen molar-refractivity contribution in [2.24, 2.45) is 0 Å². The summed E-state index contributed by atoms with van der Waals surface area (Å²) in [6, 6.07) is 9.78. The fourth-order valence-electron chi connectivity index (χ4n) is 1.95. The molecule has 4 nitrogen and oxygen atoms in total. The first-order valence-electron chi connectivity index (χ1n) is 5.96. The summed E-state index contributed by atoms with van der Waals surface area (Å²) in [6.45, 7) is 1.46. The average Bonchev–Trinajstić information content (AvgIpc) is 3.00. The van der Waals surface area contributed by atoms with Crippen LogP contribution in [0.5, 0.6) is 0 Å². The van der Waals surface area contributed by atoms with Crippen LogP contribution >= 0.6 is 11.3 Å². The van der Waals surface area contributed by atoms with Crippen molar-refractivity contribution in [3.05, 3.63) is 58.9 Å². The average molecular weight is 268 g/mol. The predicted molar refractivity (Wildman–Crippen MR) is 74.8 cm³/mol. The molecule has 0 aliphatic heterocycles. The van der Waals surface area contributed by atoms with Gasteiger partial charge in [0.2, 0.25) is 0 Å². The van der Waals surface area contributed by atoms with Gasteiger partial charge in [-0.3, -0.25) is 4.40 Å². The van der Waals surface area contributed by atoms with E-state index >= 15 is 0 Å². The predicted octanol–water partition coefficient (Wildman–Crippen LogP) is 2.56. The van der Waals surface area contributed by atoms with Crippen LogP contribution in [0.3, 0.4) is 0 Å². The number of aromatic nitrogens is 2. The minimum atomic E-state index is 0.696. The van der Waals surface area contributed by atoms with Gasteiger partial charge in [0.05, 0.1) is 17.3 Å². The molecule has 3 aromatic rings. The number of thiazole rings is 1. The first-order chi connectivity index (χ1) is 9.35. The molecule has 0 fully saturated rings. The minimum Gasteiger partial charge on any atom is -0.307 e. The summed E-state index contributed by atoms with van der Waals surface area (Å²) in [5.41, 5.74) is 2.84. The first-order valence-corrected chi connectivity index (χ1v) is 6.84. The quantitative estimate of drug-likeness (QED) is 0.791. The SMILES string of the molecule is N#Cc1cccc(CNCc2cn3ccsc3n2)c1. The summed E-state index contributed by atoms with van der Waals surface area (Å²) in [5.74, 6) is 0. The number of benzene rings is 1. The lowest BCUT2D eigenvalue weighted by atomic mass is 10.1. The lowest BCUT2D eigenvalue weighted by Gasteiger charge is -2.03. The summed E-state index contributed by atoms with van der Waals surface area (Å²) in [7, 11) is 0. The van der Waals surface area contributed by atoms with Crippen LogP contribution in [0, 0.1) is 11.3 Å². The van der Waals surface area contributed by atoms with Gasteiger partial charge in [-0.1, -0.05) is 12.1 Å². The molecule has 1 aromatic carbocycles. The number of rotatable bonds is 4. The highest BCUT2D eigenvalue weighted by atomic mass is 32.1. The Labute approximate surface area is 115 Å². The lowest BCUT2D eigenvalue weighted by molar-refractivity contribution is 0.683. The third kappa shape index (κ3) is 2.65. The van der Waals surface area contributed by atoms with Gasteiger partial charge in [0.1, 0.15) is 0 Å². The Morgan fingerprint density at radius 2 is 2.32 bits per heavy atom. The van der Waals surface area contributed by atoms with Crippen LogP contribution in [-0.2, 0) is 13.1 Å². The van der Waals surface area contributed by atoms with E-state index in [-0.39, 0.29) is 0 Å². The Balaban J connectivity index is 1.60. The van der Waals surface area contributed by atoms with E-state index in [2.05, 4.69) is 16.4 Å². The molecule has 0 saturated heterocycles. The number of hydrogen-bond acceptors (Lipinski definition) is 4. The zero-order valence-corrected chi connectivity index (χ0v) is 11.0. The van der Waals surface area contributed by atoms with E-state index in [0.717, 1.165) is 29.3 Å². The van der Waals surface area contributed by atoms with Crippen LogP contribution in [0.1, 0.15) is 16.8 Å². The van der Waals surface area contributed by atoms with Crippen LogP contribution in [0.2, 0.25) is 0 Å². The molecule has 5 heteroatoms. The second-order valence-corrected chi connectivity index (χ2v) is 5.11. The Hall–Kier alpha value is -2.16. The van der Waals surface area contributed by atoms with Gasteiger partial charge >= 0.3 is 0 Å². The smallest absolute Gasteiger partial charge is 0.193 e. The number of nitriles is 1. The number of hydrogen-bond donors (Lipinski definition) is 1. The molecule has 1 N–H and O–H groups in total. The molecule has 0 amide bonds. The van der Waals surface area contributed by atoms with Gasteiger partial charge in [-0.2, -0.15) is 5.26 Å². The topological polar surface area (TPSA) is 53.1 Å². The maximum absolute atomic E-state index is 8.84. The van der Waals surface area contributed by atoms with Gasteiger partial charge in [-0.05, 0) is 17.7 Å². The summed E-state index contributed by atoms with van der Waals surface area (Å²) < 4.78 is 2.03. The summed E-state index contributed by atoms with van der Waals surface area (Å²) in [6.07, 6.45) is 4.04. The van der Waals surface area contributed by atoms with Gasteiger partial charge in [0.25, 0.3) is 0 Å². The highest BCUT2D eigenvalue weighted by Crippen LogP contribution is 2.11. The second kappa shape index (κ2) is 5.22. The monoisotopic (exact) mass is 268 g/mol. The summed E-state index contributed by atoms with van der Waals surface area (Å²) >= 11 is 1.63. The molecule has 2 heterocycles. The molecule has 94 valence electrons. The van der Waals surface area contributed by atoms with Gasteiger partial charge < -0.3 is 5.32 Å². The van der Waals surface area contributed by atoms with Crippen molar-refractivity contribution in [2.45, 2.75) is 13.1 Å². The molecule has 0 atom stereocenters. The number of imidazole rings is 1. The van der Waals surface area contributed by atoms with Crippen LogP contribution < -0.4 is 5.32 Å². The largest absolute Gasteiger partial charge is 0.307 e. The van der Waals surface area contributed by atoms with Crippen LogP contribution in [-0.4, -0.2) is 9.38 Å². The first kappa shape index (κ1) is 11.9. The van der Waals surface area contributed by atoms with E-state index in [1.54, 1.807) is 11.3 Å². The number of nitrogens with zero attached hydrogens (tertiary/aromatic N) is 3. The zero-order chi connectivity index (χ0) is 13.1. The molecular weight excluding hydrogens is 256 g/mol. The molecule has 0 bridgehead atoms. The maximum atomic E-state index is 8.84. The van der Waals surface area contributed by atoms with Crippen molar-refractivity contribution in [3.63, 3.8) is 0 Å². The van der Waals surface area contributed by atoms with Crippen molar-refractivity contribution in [1.29, 1.82) is 5.26 Å². The highest BCUT2D eigenvalue weighted by Gasteiger charge is 2.02. The molecule has 0 radical (unpaired) electrons. The van der Waals surface area contributed by atoms with E-state index in [1.165, 1.54) is 0 Å². The zero-order valence-electron chi connectivity index (χ0n) is 10.2. The fourth-order valence-corrected chi connectivity index (χ4v) is 2.67. The van der Waals surface area contributed by atoms with E-state index in [0.29, 0.717) is 5.56 Å². The molecular formula is C14H12N4S. The van der Waals surface area contributed by atoms with E-state index < -0.39 is 0 Å². The second-order valence-electron chi connectivity index (χ2n) is 4.24. The van der Waals surface area contributed by atoms with E-state index in [4.69, 9.17) is 5.26 Å². The van der Waals surface area contributed by atoms with Gasteiger partial charge in [0.15, 0.2) is 4.96 Å². The van der Waals surface area contributed by atoms with Crippen LogP contribution in [0.25, 0.3) is 4.96 Å². The van der Waals surface area contributed by atoms with Crippen molar-refractivity contribution >= 4 is 16.3 Å². The molecule has 0 saturated carbocycles. The summed E-state index contributed by atoms with van der Waals surface area (Å²) in [4.78, 5) is 5.52. The van der Waals surface area contributed by atoms with Gasteiger partial charge in [-0.25, -0.2) is 4.98 Å². The Morgan fingerprint density at radius 1 is 1.37 bits per heavy atom. The lowest BCUT2D eigenvalue weighted by Crippen LogP contribution is -2.12. The Bertz CT molecular complexity index is 707. The maximum Gasteiger partial charge on any atom is 0.193 e. The normalized spacial score (nSPS) is 10.7. The minimum absolute atomic E-state index is 0.696. The van der Waals surface area contributed by atoms with Crippen LogP contribution in [0.15, 0.2) is 42.0 Å². The molecule has 19 heavy (non-hydrogen) atoms. The van der Waals surface area contributed by atoms with E-state index in [1.807, 2.05) is 46.4 Å². The third-order valence-corrected chi connectivity index (χ3v) is 3.61. The number of fused-ring (bicyclic) bond motifs is 1. The van der Waals surface area contributed by atoms with Gasteiger partial charge in [-0.15, -0.1) is 11.3 Å². The van der Waals surface area contributed by atoms with Crippen molar-refractivity contribution < 1.29 is 0 Å². The van der Waals surface area contributed by atoms with Crippen molar-refractivity contribution in [3.8, 4) is 6.07 Å². The fraction of sp³-hybridized carbons (Fsp3) is 0.143. The Kier molecular flexibility index (Phi) is 3.27. The molecule has 0 aliphatic carbocycles. The third-order valence-electron chi connectivity index (χ3n) is 2.83.